The third kappa shape index (κ3) is 2.86. The van der Waals surface area contributed by atoms with Crippen LogP contribution in [0.3, 0.4) is 0 Å². The van der Waals surface area contributed by atoms with Crippen molar-refractivity contribution in [3.8, 4) is 0 Å². The smallest absolute Gasteiger partial charge is 0.310 e. The molecule has 4 atom stereocenters. The summed E-state index contributed by atoms with van der Waals surface area (Å²) in [6.45, 7) is 12.1. The molecular weight excluding hydrogens is 232 g/mol. The molecule has 0 aromatic rings. The maximum Gasteiger partial charge on any atom is 0.310 e. The Labute approximate surface area is 109 Å². The second-order valence-corrected chi connectivity index (χ2v) is 6.86. The van der Waals surface area contributed by atoms with Crippen LogP contribution in [-0.4, -0.2) is 30.1 Å². The monoisotopic (exact) mass is 256 g/mol. The highest BCUT2D eigenvalue weighted by Crippen LogP contribution is 2.52. The molecule has 2 aliphatic rings. The molecule has 2 rings (SSSR count). The average Bonchev–Trinajstić information content (AvgIpc) is 2.69. The third-order valence-corrected chi connectivity index (χ3v) is 3.59. The predicted molar refractivity (Wildman–Crippen MR) is 66.9 cm³/mol. The van der Waals surface area contributed by atoms with E-state index in [1.165, 1.54) is 0 Å². The zero-order valence-electron chi connectivity index (χ0n) is 12.1. The number of esters is 1. The number of rotatable bonds is 2. The standard InChI is InChI=1S/C14H24O4/c1-8-10(9-7-16-14(5,6)17-9)11(8)12(15)18-13(2,3)4/h8-11H,7H2,1-6H3/t8-,9?,10?,11?/m0/s1. The summed E-state index contributed by atoms with van der Waals surface area (Å²) in [6, 6.07) is 0. The molecular formula is C14H24O4. The van der Waals surface area contributed by atoms with E-state index >= 15 is 0 Å². The van der Waals surface area contributed by atoms with E-state index in [0.29, 0.717) is 12.5 Å². The largest absolute Gasteiger partial charge is 0.460 e. The molecule has 0 amide bonds. The van der Waals surface area contributed by atoms with E-state index in [9.17, 15) is 4.79 Å². The number of hydrogen-bond acceptors (Lipinski definition) is 4. The Morgan fingerprint density at radius 3 is 2.39 bits per heavy atom. The fraction of sp³-hybridized carbons (Fsp3) is 0.929. The number of hydrogen-bond donors (Lipinski definition) is 0. The Kier molecular flexibility index (Phi) is 3.23. The molecule has 0 spiro atoms. The van der Waals surface area contributed by atoms with Gasteiger partial charge in [0.25, 0.3) is 0 Å². The van der Waals surface area contributed by atoms with Gasteiger partial charge in [-0.3, -0.25) is 4.79 Å². The van der Waals surface area contributed by atoms with Crippen molar-refractivity contribution < 1.29 is 19.0 Å². The lowest BCUT2D eigenvalue weighted by Crippen LogP contribution is -2.27. The molecule has 1 saturated heterocycles. The van der Waals surface area contributed by atoms with Crippen molar-refractivity contribution in [3.63, 3.8) is 0 Å². The second-order valence-electron chi connectivity index (χ2n) is 6.86. The lowest BCUT2D eigenvalue weighted by molar-refractivity contribution is -0.159. The molecule has 18 heavy (non-hydrogen) atoms. The Morgan fingerprint density at radius 2 is 1.94 bits per heavy atom. The minimum atomic E-state index is -0.522. The zero-order valence-corrected chi connectivity index (χ0v) is 12.1. The van der Waals surface area contributed by atoms with Gasteiger partial charge in [-0.2, -0.15) is 0 Å². The summed E-state index contributed by atoms with van der Waals surface area (Å²) in [6.07, 6.45) is 0.0209. The van der Waals surface area contributed by atoms with E-state index < -0.39 is 11.4 Å². The van der Waals surface area contributed by atoms with Crippen LogP contribution in [0.1, 0.15) is 41.5 Å². The Balaban J connectivity index is 1.92. The summed E-state index contributed by atoms with van der Waals surface area (Å²) >= 11 is 0. The lowest BCUT2D eigenvalue weighted by atomic mass is 10.1. The van der Waals surface area contributed by atoms with Gasteiger partial charge < -0.3 is 14.2 Å². The second kappa shape index (κ2) is 4.20. The van der Waals surface area contributed by atoms with Crippen LogP contribution >= 0.6 is 0 Å². The van der Waals surface area contributed by atoms with Crippen molar-refractivity contribution in [2.45, 2.75) is 59.0 Å². The van der Waals surface area contributed by atoms with Crippen molar-refractivity contribution in [3.05, 3.63) is 0 Å². The molecule has 1 aliphatic heterocycles. The first-order valence-corrected chi connectivity index (χ1v) is 6.65. The Hall–Kier alpha value is -0.610. The molecule has 1 heterocycles. The Morgan fingerprint density at radius 1 is 1.33 bits per heavy atom. The first kappa shape index (κ1) is 13.8. The van der Waals surface area contributed by atoms with Crippen LogP contribution in [0.25, 0.3) is 0 Å². The molecule has 0 aromatic heterocycles. The molecule has 1 saturated carbocycles. The van der Waals surface area contributed by atoms with Gasteiger partial charge in [0.1, 0.15) is 5.60 Å². The SMILES string of the molecule is C[C@@H]1C(C(=O)OC(C)(C)C)C1C1COC(C)(C)O1. The Bertz CT molecular complexity index is 342. The van der Waals surface area contributed by atoms with E-state index in [1.54, 1.807) is 0 Å². The molecule has 2 fully saturated rings. The van der Waals surface area contributed by atoms with E-state index in [0.717, 1.165) is 0 Å². The molecule has 3 unspecified atom stereocenters. The highest BCUT2D eigenvalue weighted by molar-refractivity contribution is 5.77. The summed E-state index contributed by atoms with van der Waals surface area (Å²) < 4.78 is 16.8. The van der Waals surface area contributed by atoms with Crippen LogP contribution in [0.5, 0.6) is 0 Å². The van der Waals surface area contributed by atoms with Gasteiger partial charge in [0.2, 0.25) is 0 Å². The van der Waals surface area contributed by atoms with E-state index in [2.05, 4.69) is 6.92 Å². The van der Waals surface area contributed by atoms with Crippen LogP contribution in [-0.2, 0) is 19.0 Å². The summed E-state index contributed by atoms with van der Waals surface area (Å²) in [5.74, 6) is -0.102. The number of ether oxygens (including phenoxy) is 3. The minimum Gasteiger partial charge on any atom is -0.460 e. The molecule has 0 N–H and O–H groups in total. The fourth-order valence-electron chi connectivity index (χ4n) is 2.71. The molecule has 1 aliphatic carbocycles. The maximum atomic E-state index is 12.0. The highest BCUT2D eigenvalue weighted by atomic mass is 16.7. The van der Waals surface area contributed by atoms with E-state index in [-0.39, 0.29) is 23.9 Å². The van der Waals surface area contributed by atoms with Crippen molar-refractivity contribution in [2.75, 3.05) is 6.61 Å². The number of carbonyl (C=O) groups is 1. The van der Waals surface area contributed by atoms with Crippen molar-refractivity contribution >= 4 is 5.97 Å². The van der Waals surface area contributed by atoms with Crippen molar-refractivity contribution in [1.82, 2.24) is 0 Å². The van der Waals surface area contributed by atoms with Crippen molar-refractivity contribution in [2.24, 2.45) is 17.8 Å². The molecule has 104 valence electrons. The van der Waals surface area contributed by atoms with E-state index in [1.807, 2.05) is 34.6 Å². The third-order valence-electron chi connectivity index (χ3n) is 3.59. The van der Waals surface area contributed by atoms with Gasteiger partial charge in [-0.05, 0) is 40.5 Å². The van der Waals surface area contributed by atoms with Crippen LogP contribution in [0, 0.1) is 17.8 Å². The summed E-state index contributed by atoms with van der Waals surface area (Å²) in [5, 5.41) is 0. The minimum absolute atomic E-state index is 0.0209. The first-order valence-electron chi connectivity index (χ1n) is 6.65. The molecule has 0 bridgehead atoms. The topological polar surface area (TPSA) is 44.8 Å². The molecule has 4 heteroatoms. The predicted octanol–water partition coefficient (Wildman–Crippen LogP) is 2.36. The average molecular weight is 256 g/mol. The molecule has 0 aromatic carbocycles. The van der Waals surface area contributed by atoms with Gasteiger partial charge in [-0.25, -0.2) is 0 Å². The van der Waals surface area contributed by atoms with Crippen LogP contribution < -0.4 is 0 Å². The lowest BCUT2D eigenvalue weighted by Gasteiger charge is -2.20. The highest BCUT2D eigenvalue weighted by Gasteiger charge is 2.59. The maximum absolute atomic E-state index is 12.0. The van der Waals surface area contributed by atoms with Crippen LogP contribution in [0.4, 0.5) is 0 Å². The van der Waals surface area contributed by atoms with Crippen molar-refractivity contribution in [1.29, 1.82) is 0 Å². The van der Waals surface area contributed by atoms with Gasteiger partial charge in [0.05, 0.1) is 18.6 Å². The normalized spacial score (nSPS) is 38.6. The van der Waals surface area contributed by atoms with E-state index in [4.69, 9.17) is 14.2 Å². The number of carbonyl (C=O) groups excluding carboxylic acids is 1. The van der Waals surface area contributed by atoms with Gasteiger partial charge in [-0.1, -0.05) is 6.92 Å². The molecule has 4 nitrogen and oxygen atoms in total. The summed E-state index contributed by atoms with van der Waals surface area (Å²) in [7, 11) is 0. The van der Waals surface area contributed by atoms with Gasteiger partial charge in [-0.15, -0.1) is 0 Å². The van der Waals surface area contributed by atoms with Crippen LogP contribution in [0.15, 0.2) is 0 Å². The van der Waals surface area contributed by atoms with Gasteiger partial charge >= 0.3 is 5.97 Å². The summed E-state index contributed by atoms with van der Waals surface area (Å²) in [5.41, 5.74) is -0.420. The fourth-order valence-corrected chi connectivity index (χ4v) is 2.71. The van der Waals surface area contributed by atoms with Gasteiger partial charge in [0, 0.05) is 5.92 Å². The van der Waals surface area contributed by atoms with Gasteiger partial charge in [0.15, 0.2) is 5.79 Å². The first-order chi connectivity index (χ1) is 8.11. The zero-order chi connectivity index (χ0) is 13.7. The summed E-state index contributed by atoms with van der Waals surface area (Å²) in [4.78, 5) is 12.0. The van der Waals surface area contributed by atoms with Crippen LogP contribution in [0.2, 0.25) is 0 Å². The quantitative estimate of drug-likeness (QED) is 0.711. The molecule has 0 radical (unpaired) electrons.